The van der Waals surface area contributed by atoms with Crippen molar-refractivity contribution in [2.45, 2.75) is 52.0 Å². The van der Waals surface area contributed by atoms with Crippen molar-refractivity contribution in [3.05, 3.63) is 33.9 Å². The van der Waals surface area contributed by atoms with Gasteiger partial charge in [0, 0.05) is 29.4 Å². The molecule has 1 aliphatic rings. The van der Waals surface area contributed by atoms with Crippen molar-refractivity contribution in [2.75, 3.05) is 5.32 Å². The Morgan fingerprint density at radius 2 is 2.10 bits per heavy atom. The van der Waals surface area contributed by atoms with Crippen LogP contribution < -0.4 is 5.32 Å². The van der Waals surface area contributed by atoms with Crippen LogP contribution in [0.15, 0.2) is 18.2 Å². The van der Waals surface area contributed by atoms with Gasteiger partial charge < -0.3 is 5.32 Å². The van der Waals surface area contributed by atoms with Gasteiger partial charge >= 0.3 is 0 Å². The summed E-state index contributed by atoms with van der Waals surface area (Å²) in [7, 11) is 0. The first-order chi connectivity index (χ1) is 9.81. The van der Waals surface area contributed by atoms with E-state index in [0.29, 0.717) is 5.69 Å². The summed E-state index contributed by atoms with van der Waals surface area (Å²) < 4.78 is 26.3. The molecule has 0 amide bonds. The van der Waals surface area contributed by atoms with E-state index in [9.17, 15) is 18.9 Å². The first kappa shape index (κ1) is 15.7. The maximum atomic E-state index is 13.2. The number of nitro benzene ring substituents is 1. The number of anilines is 1. The fourth-order valence-corrected chi connectivity index (χ4v) is 2.92. The summed E-state index contributed by atoms with van der Waals surface area (Å²) in [6.45, 7) is 4.24. The summed E-state index contributed by atoms with van der Waals surface area (Å²) in [6.07, 6.45) is 1.44. The first-order valence-electron chi connectivity index (χ1n) is 7.14. The van der Waals surface area contributed by atoms with Crippen LogP contribution in [-0.2, 0) is 0 Å². The minimum atomic E-state index is -2.74. The fraction of sp³-hybridized carbons (Fsp3) is 0.600. The average Bonchev–Trinajstić information content (AvgIpc) is 2.41. The zero-order valence-corrected chi connectivity index (χ0v) is 12.2. The van der Waals surface area contributed by atoms with Crippen molar-refractivity contribution in [2.24, 2.45) is 5.41 Å². The van der Waals surface area contributed by atoms with Gasteiger partial charge in [-0.25, -0.2) is 8.78 Å². The number of non-ortho nitro benzene ring substituents is 1. The van der Waals surface area contributed by atoms with Crippen molar-refractivity contribution in [1.82, 2.24) is 0 Å². The van der Waals surface area contributed by atoms with Gasteiger partial charge in [0.05, 0.1) is 4.92 Å². The van der Waals surface area contributed by atoms with Crippen molar-refractivity contribution in [3.63, 3.8) is 0 Å². The minimum absolute atomic E-state index is 0.0272. The molecule has 0 heterocycles. The topological polar surface area (TPSA) is 55.2 Å². The molecule has 0 saturated heterocycles. The van der Waals surface area contributed by atoms with E-state index in [1.165, 1.54) is 12.1 Å². The summed E-state index contributed by atoms with van der Waals surface area (Å²) >= 11 is 0. The van der Waals surface area contributed by atoms with Crippen molar-refractivity contribution in [3.8, 4) is 0 Å². The third-order valence-electron chi connectivity index (χ3n) is 4.32. The monoisotopic (exact) mass is 298 g/mol. The average molecular weight is 298 g/mol. The Labute approximate surface area is 122 Å². The number of halogens is 2. The van der Waals surface area contributed by atoms with E-state index >= 15 is 0 Å². The Hall–Kier alpha value is -1.72. The second-order valence-electron chi connectivity index (χ2n) is 6.26. The zero-order chi connectivity index (χ0) is 15.6. The molecule has 116 valence electrons. The molecule has 0 radical (unpaired) electrons. The molecule has 1 aliphatic carbocycles. The zero-order valence-electron chi connectivity index (χ0n) is 12.2. The maximum absolute atomic E-state index is 13.2. The molecule has 1 fully saturated rings. The van der Waals surface area contributed by atoms with Gasteiger partial charge in [-0.05, 0) is 24.3 Å². The van der Waals surface area contributed by atoms with Gasteiger partial charge in [0.25, 0.3) is 12.1 Å². The van der Waals surface area contributed by atoms with Gasteiger partial charge in [-0.1, -0.05) is 26.7 Å². The number of alkyl halides is 2. The highest BCUT2D eigenvalue weighted by Crippen LogP contribution is 2.39. The molecule has 4 nitrogen and oxygen atoms in total. The molecule has 0 aliphatic heterocycles. The first-order valence-corrected chi connectivity index (χ1v) is 7.14. The lowest BCUT2D eigenvalue weighted by molar-refractivity contribution is -0.385. The van der Waals surface area contributed by atoms with Gasteiger partial charge in [-0.2, -0.15) is 0 Å². The number of hydrogen-bond acceptors (Lipinski definition) is 3. The van der Waals surface area contributed by atoms with Crippen LogP contribution >= 0.6 is 0 Å². The highest BCUT2D eigenvalue weighted by molar-refractivity contribution is 5.57. The van der Waals surface area contributed by atoms with Gasteiger partial charge in [0.15, 0.2) is 0 Å². The highest BCUT2D eigenvalue weighted by Gasteiger charge is 2.33. The van der Waals surface area contributed by atoms with Crippen LogP contribution in [0.3, 0.4) is 0 Å². The van der Waals surface area contributed by atoms with Crippen molar-refractivity contribution >= 4 is 11.4 Å². The number of nitro groups is 1. The summed E-state index contributed by atoms with van der Waals surface area (Å²) in [6, 6.07) is 3.72. The van der Waals surface area contributed by atoms with E-state index in [0.717, 1.165) is 31.7 Å². The van der Waals surface area contributed by atoms with Crippen LogP contribution in [0.2, 0.25) is 0 Å². The second kappa shape index (κ2) is 5.95. The molecule has 0 bridgehead atoms. The Kier molecular flexibility index (Phi) is 4.44. The van der Waals surface area contributed by atoms with Gasteiger partial charge in [-0.15, -0.1) is 0 Å². The summed E-state index contributed by atoms with van der Waals surface area (Å²) in [4.78, 5) is 10.1. The number of benzene rings is 1. The Morgan fingerprint density at radius 1 is 1.38 bits per heavy atom. The van der Waals surface area contributed by atoms with Crippen LogP contribution in [-0.4, -0.2) is 11.0 Å². The fourth-order valence-electron chi connectivity index (χ4n) is 2.92. The molecule has 1 unspecified atom stereocenters. The Morgan fingerprint density at radius 3 is 2.67 bits per heavy atom. The van der Waals surface area contributed by atoms with Crippen LogP contribution in [0.25, 0.3) is 0 Å². The third kappa shape index (κ3) is 3.49. The van der Waals surface area contributed by atoms with Gasteiger partial charge in [0.1, 0.15) is 0 Å². The third-order valence-corrected chi connectivity index (χ3v) is 4.32. The number of rotatable bonds is 4. The lowest BCUT2D eigenvalue weighted by Gasteiger charge is -2.40. The van der Waals surface area contributed by atoms with Crippen molar-refractivity contribution in [1.29, 1.82) is 0 Å². The Bertz CT molecular complexity index is 532. The molecule has 1 N–H and O–H groups in total. The molecular weight excluding hydrogens is 278 g/mol. The molecule has 1 atom stereocenters. The van der Waals surface area contributed by atoms with Crippen LogP contribution in [0, 0.1) is 15.5 Å². The van der Waals surface area contributed by atoms with Crippen LogP contribution in [0.4, 0.5) is 20.2 Å². The lowest BCUT2D eigenvalue weighted by Crippen LogP contribution is -2.39. The normalized spacial score (nSPS) is 21.3. The van der Waals surface area contributed by atoms with E-state index in [1.54, 1.807) is 0 Å². The molecule has 1 aromatic carbocycles. The molecule has 1 saturated carbocycles. The molecule has 0 aromatic heterocycles. The molecule has 6 heteroatoms. The molecule has 1 aromatic rings. The molecular formula is C15H20F2N2O2. The lowest BCUT2D eigenvalue weighted by atomic mass is 9.73. The van der Waals surface area contributed by atoms with Gasteiger partial charge in [0.2, 0.25) is 0 Å². The Balaban J connectivity index is 2.28. The van der Waals surface area contributed by atoms with E-state index in [2.05, 4.69) is 19.2 Å². The predicted molar refractivity (Wildman–Crippen MR) is 77.7 cm³/mol. The summed E-state index contributed by atoms with van der Waals surface area (Å²) in [5, 5.41) is 13.9. The van der Waals surface area contributed by atoms with E-state index in [-0.39, 0.29) is 22.7 Å². The molecule has 2 rings (SSSR count). The highest BCUT2D eigenvalue weighted by atomic mass is 19.3. The predicted octanol–water partition coefficient (Wildman–Crippen LogP) is 4.91. The SMILES string of the molecule is CC1(C)CCCCC1Nc1ccc([N+](=O)[O-])cc1C(F)F. The van der Waals surface area contributed by atoms with E-state index in [4.69, 9.17) is 0 Å². The maximum Gasteiger partial charge on any atom is 0.270 e. The molecule has 0 spiro atoms. The smallest absolute Gasteiger partial charge is 0.270 e. The second-order valence-corrected chi connectivity index (χ2v) is 6.26. The summed E-state index contributed by atoms with van der Waals surface area (Å²) in [5.74, 6) is 0. The van der Waals surface area contributed by atoms with Crippen LogP contribution in [0.1, 0.15) is 51.5 Å². The number of hydrogen-bond donors (Lipinski definition) is 1. The summed E-state index contributed by atoms with van der Waals surface area (Å²) in [5.41, 5.74) is -0.278. The van der Waals surface area contributed by atoms with Gasteiger partial charge in [-0.3, -0.25) is 10.1 Å². The van der Waals surface area contributed by atoms with Crippen LogP contribution in [0.5, 0.6) is 0 Å². The minimum Gasteiger partial charge on any atom is -0.381 e. The molecule has 21 heavy (non-hydrogen) atoms. The van der Waals surface area contributed by atoms with E-state index < -0.39 is 11.3 Å². The van der Waals surface area contributed by atoms with Crippen molar-refractivity contribution < 1.29 is 13.7 Å². The standard InChI is InChI=1S/C15H20F2N2O2/c1-15(2)8-4-3-5-13(15)18-12-7-6-10(19(20)21)9-11(12)14(16)17/h6-7,9,13-14,18H,3-5,8H2,1-2H3. The number of nitrogens with one attached hydrogen (secondary N) is 1. The largest absolute Gasteiger partial charge is 0.381 e. The van der Waals surface area contributed by atoms with E-state index in [1.807, 2.05) is 0 Å². The quantitative estimate of drug-likeness (QED) is 0.634. The number of nitrogens with zero attached hydrogens (tertiary/aromatic N) is 1.